The van der Waals surface area contributed by atoms with E-state index in [9.17, 15) is 14.0 Å². The minimum absolute atomic E-state index is 0.0345. The summed E-state index contributed by atoms with van der Waals surface area (Å²) in [6, 6.07) is 1.80. The molecule has 0 radical (unpaired) electrons. The van der Waals surface area contributed by atoms with Crippen molar-refractivity contribution in [2.45, 2.75) is 38.5 Å². The van der Waals surface area contributed by atoms with Gasteiger partial charge in [0.05, 0.1) is 18.4 Å². The summed E-state index contributed by atoms with van der Waals surface area (Å²) in [7, 11) is 0. The van der Waals surface area contributed by atoms with Gasteiger partial charge in [-0.3, -0.25) is 15.6 Å². The second-order valence-corrected chi connectivity index (χ2v) is 8.03. The first kappa shape index (κ1) is 23.6. The van der Waals surface area contributed by atoms with Crippen LogP contribution in [0.1, 0.15) is 37.7 Å². The molecule has 2 amide bonds. The van der Waals surface area contributed by atoms with Gasteiger partial charge < -0.3 is 20.2 Å². The predicted octanol–water partition coefficient (Wildman–Crippen LogP) is 3.42. The summed E-state index contributed by atoms with van der Waals surface area (Å²) in [6.07, 6.45) is 7.28. The number of carboxylic acid groups (broad SMARTS) is 1. The SMILES string of the molecule is O=C(O)NC[C@@H](CC1CCCC1)C(=O)NNc1nc(Cl)nc(NCCc2ccoc2)c1F. The molecule has 32 heavy (non-hydrogen) atoms. The van der Waals surface area contributed by atoms with Crippen LogP contribution in [0.3, 0.4) is 0 Å². The lowest BCUT2D eigenvalue weighted by atomic mass is 9.92. The molecule has 1 aliphatic carbocycles. The fraction of sp³-hybridized carbons (Fsp3) is 0.500. The van der Waals surface area contributed by atoms with E-state index in [-0.39, 0.29) is 23.5 Å². The van der Waals surface area contributed by atoms with Crippen LogP contribution in [0, 0.1) is 17.7 Å². The van der Waals surface area contributed by atoms with Crippen LogP contribution in [-0.4, -0.2) is 40.2 Å². The zero-order valence-corrected chi connectivity index (χ0v) is 18.1. The molecular weight excluding hydrogens is 443 g/mol. The topological polar surface area (TPSA) is 141 Å². The number of nitrogens with one attached hydrogen (secondary N) is 4. The largest absolute Gasteiger partial charge is 0.472 e. The fourth-order valence-corrected chi connectivity index (χ4v) is 3.91. The molecule has 0 saturated heterocycles. The number of carbonyl (C=O) groups excluding carboxylic acids is 1. The molecule has 0 aliphatic heterocycles. The summed E-state index contributed by atoms with van der Waals surface area (Å²) in [5.74, 6) is -1.92. The summed E-state index contributed by atoms with van der Waals surface area (Å²) in [5, 5.41) is 13.8. The Morgan fingerprint density at radius 2 is 2.03 bits per heavy atom. The van der Waals surface area contributed by atoms with Crippen LogP contribution < -0.4 is 21.5 Å². The molecule has 0 unspecified atom stereocenters. The number of furan rings is 1. The van der Waals surface area contributed by atoms with Crippen molar-refractivity contribution in [1.82, 2.24) is 20.7 Å². The molecule has 1 atom stereocenters. The number of carbonyl (C=O) groups is 2. The average molecular weight is 469 g/mol. The van der Waals surface area contributed by atoms with E-state index < -0.39 is 23.7 Å². The number of aromatic nitrogens is 2. The lowest BCUT2D eigenvalue weighted by molar-refractivity contribution is -0.124. The van der Waals surface area contributed by atoms with Crippen molar-refractivity contribution in [2.24, 2.45) is 11.8 Å². The maximum Gasteiger partial charge on any atom is 0.404 e. The molecule has 0 bridgehead atoms. The zero-order chi connectivity index (χ0) is 22.9. The van der Waals surface area contributed by atoms with Gasteiger partial charge in [-0.05, 0) is 42.0 Å². The first-order valence-electron chi connectivity index (χ1n) is 10.4. The molecule has 2 heterocycles. The standard InChI is InChI=1S/C20H26ClFN6O4/c21-19-25-16(23-7-5-13-6-8-32-11-13)15(22)17(26-19)27-28-18(29)14(10-24-20(30)31)9-12-3-1-2-4-12/h6,8,11-12,14,24H,1-5,7,9-10H2,(H,28,29)(H,30,31)(H2,23,25,26,27)/t14-/m1/s1. The first-order chi connectivity index (χ1) is 15.4. The molecule has 3 rings (SSSR count). The van der Waals surface area contributed by atoms with Crippen LogP contribution in [0.5, 0.6) is 0 Å². The van der Waals surface area contributed by atoms with Gasteiger partial charge in [0, 0.05) is 13.1 Å². The molecule has 174 valence electrons. The average Bonchev–Trinajstić information content (AvgIpc) is 3.46. The van der Waals surface area contributed by atoms with Crippen molar-refractivity contribution < 1.29 is 23.5 Å². The number of halogens is 2. The van der Waals surface area contributed by atoms with E-state index >= 15 is 0 Å². The third kappa shape index (κ3) is 6.98. The number of rotatable bonds is 11. The van der Waals surface area contributed by atoms with Gasteiger partial charge in [-0.1, -0.05) is 25.7 Å². The van der Waals surface area contributed by atoms with Gasteiger partial charge >= 0.3 is 6.09 Å². The van der Waals surface area contributed by atoms with E-state index in [0.29, 0.717) is 25.3 Å². The van der Waals surface area contributed by atoms with E-state index in [1.165, 1.54) is 0 Å². The highest BCUT2D eigenvalue weighted by Gasteiger charge is 2.26. The summed E-state index contributed by atoms with van der Waals surface area (Å²) >= 11 is 5.90. The molecule has 12 heteroatoms. The molecule has 0 spiro atoms. The third-order valence-electron chi connectivity index (χ3n) is 5.38. The van der Waals surface area contributed by atoms with Crippen LogP contribution in [0.2, 0.25) is 5.28 Å². The fourth-order valence-electron chi connectivity index (χ4n) is 3.74. The number of anilines is 2. The van der Waals surface area contributed by atoms with Crippen LogP contribution in [-0.2, 0) is 11.2 Å². The molecule has 1 aliphatic rings. The summed E-state index contributed by atoms with van der Waals surface area (Å²) in [5.41, 5.74) is 5.81. The molecule has 0 aromatic carbocycles. The Morgan fingerprint density at radius 1 is 1.28 bits per heavy atom. The summed E-state index contributed by atoms with van der Waals surface area (Å²) in [6.45, 7) is 0.340. The Kier molecular flexibility index (Phi) is 8.48. The lowest BCUT2D eigenvalue weighted by Crippen LogP contribution is -2.41. The predicted molar refractivity (Wildman–Crippen MR) is 116 cm³/mol. The molecular formula is C20H26ClFN6O4. The van der Waals surface area contributed by atoms with Crippen molar-refractivity contribution in [1.29, 1.82) is 0 Å². The quantitative estimate of drug-likeness (QED) is 0.249. The first-order valence-corrected chi connectivity index (χ1v) is 10.8. The van der Waals surface area contributed by atoms with Crippen molar-refractivity contribution >= 4 is 35.2 Å². The zero-order valence-electron chi connectivity index (χ0n) is 17.4. The number of hydrogen-bond acceptors (Lipinski definition) is 7. The molecule has 2 aromatic heterocycles. The second kappa shape index (κ2) is 11.5. The van der Waals surface area contributed by atoms with E-state index in [4.69, 9.17) is 21.1 Å². The van der Waals surface area contributed by atoms with Gasteiger partial charge in [-0.25, -0.2) is 4.79 Å². The molecule has 10 nitrogen and oxygen atoms in total. The van der Waals surface area contributed by atoms with Gasteiger partial charge in [0.1, 0.15) is 0 Å². The Hall–Kier alpha value is -3.08. The van der Waals surface area contributed by atoms with Crippen LogP contribution >= 0.6 is 11.6 Å². The number of amides is 2. The highest BCUT2D eigenvalue weighted by molar-refractivity contribution is 6.28. The van der Waals surface area contributed by atoms with Crippen LogP contribution in [0.25, 0.3) is 0 Å². The van der Waals surface area contributed by atoms with Gasteiger partial charge in [0.25, 0.3) is 0 Å². The number of hydrazine groups is 1. The molecule has 1 saturated carbocycles. The van der Waals surface area contributed by atoms with Crippen molar-refractivity contribution in [3.05, 3.63) is 35.3 Å². The normalized spacial score (nSPS) is 14.7. The number of nitrogens with zero attached hydrogens (tertiary/aromatic N) is 2. The molecule has 2 aromatic rings. The minimum atomic E-state index is -1.21. The Morgan fingerprint density at radius 3 is 2.72 bits per heavy atom. The molecule has 1 fully saturated rings. The van der Waals surface area contributed by atoms with Crippen LogP contribution in [0.4, 0.5) is 20.8 Å². The van der Waals surface area contributed by atoms with Crippen molar-refractivity contribution in [3.8, 4) is 0 Å². The third-order valence-corrected chi connectivity index (χ3v) is 5.55. The van der Waals surface area contributed by atoms with Gasteiger partial charge in [-0.15, -0.1) is 0 Å². The van der Waals surface area contributed by atoms with E-state index in [1.807, 2.05) is 0 Å². The van der Waals surface area contributed by atoms with Crippen molar-refractivity contribution in [3.63, 3.8) is 0 Å². The maximum atomic E-state index is 14.8. The van der Waals surface area contributed by atoms with Crippen LogP contribution in [0.15, 0.2) is 23.0 Å². The number of hydrogen-bond donors (Lipinski definition) is 5. The Labute approximate surface area is 189 Å². The lowest BCUT2D eigenvalue weighted by Gasteiger charge is -2.20. The van der Waals surface area contributed by atoms with E-state index in [0.717, 1.165) is 31.2 Å². The smallest absolute Gasteiger partial charge is 0.404 e. The highest BCUT2D eigenvalue weighted by Crippen LogP contribution is 2.30. The van der Waals surface area contributed by atoms with Gasteiger partial charge in [0.2, 0.25) is 17.0 Å². The summed E-state index contributed by atoms with van der Waals surface area (Å²) < 4.78 is 19.8. The Balaban J connectivity index is 1.59. The highest BCUT2D eigenvalue weighted by atomic mass is 35.5. The van der Waals surface area contributed by atoms with Crippen molar-refractivity contribution in [2.75, 3.05) is 23.8 Å². The summed E-state index contributed by atoms with van der Waals surface area (Å²) in [4.78, 5) is 31.2. The van der Waals surface area contributed by atoms with Gasteiger partial charge in [0.15, 0.2) is 11.6 Å². The monoisotopic (exact) mass is 468 g/mol. The second-order valence-electron chi connectivity index (χ2n) is 7.70. The maximum absolute atomic E-state index is 14.8. The van der Waals surface area contributed by atoms with E-state index in [1.54, 1.807) is 18.6 Å². The van der Waals surface area contributed by atoms with E-state index in [2.05, 4.69) is 31.5 Å². The molecule has 5 N–H and O–H groups in total. The minimum Gasteiger partial charge on any atom is -0.472 e. The van der Waals surface area contributed by atoms with Gasteiger partial charge in [-0.2, -0.15) is 14.4 Å². The Bertz CT molecular complexity index is 908.